The van der Waals surface area contributed by atoms with Gasteiger partial charge in [0.2, 0.25) is 0 Å². The highest BCUT2D eigenvalue weighted by molar-refractivity contribution is 6.06. The predicted octanol–water partition coefficient (Wildman–Crippen LogP) is 2.83. The lowest BCUT2D eigenvalue weighted by molar-refractivity contribution is -0.112. The summed E-state index contributed by atoms with van der Waals surface area (Å²) < 4.78 is 0. The zero-order chi connectivity index (χ0) is 18.2. The molecule has 0 radical (unpaired) electrons. The van der Waals surface area contributed by atoms with Crippen LogP contribution in [0.25, 0.3) is 0 Å². The van der Waals surface area contributed by atoms with E-state index in [9.17, 15) is 9.59 Å². The van der Waals surface area contributed by atoms with Crippen LogP contribution in [0.4, 0.5) is 5.69 Å². The summed E-state index contributed by atoms with van der Waals surface area (Å²) in [4.78, 5) is 23.1. The first kappa shape index (κ1) is 17.8. The van der Waals surface area contributed by atoms with Crippen LogP contribution in [0.15, 0.2) is 60.3 Å². The van der Waals surface area contributed by atoms with Gasteiger partial charge < -0.3 is 15.7 Å². The molecule has 0 heterocycles. The molecule has 25 heavy (non-hydrogen) atoms. The van der Waals surface area contributed by atoms with E-state index in [0.717, 1.165) is 11.1 Å². The molecule has 0 saturated carbocycles. The fraction of sp³-hybridized carbons (Fsp3) is 0.105. The second kappa shape index (κ2) is 8.31. The maximum absolute atomic E-state index is 12.1. The van der Waals surface area contributed by atoms with Gasteiger partial charge in [-0.05, 0) is 36.2 Å². The molecule has 0 aliphatic carbocycles. The van der Waals surface area contributed by atoms with Crippen molar-refractivity contribution < 1.29 is 14.7 Å². The Labute approximate surface area is 145 Å². The number of nitrogens with one attached hydrogen (secondary N) is 2. The molecule has 3 N–H and O–H groups in total. The van der Waals surface area contributed by atoms with Crippen molar-refractivity contribution in [2.24, 2.45) is 0 Å². The lowest BCUT2D eigenvalue weighted by Crippen LogP contribution is -2.17. The van der Waals surface area contributed by atoms with Gasteiger partial charge in [0.05, 0.1) is 5.56 Å². The normalized spacial score (nSPS) is 10.6. The number of hydrogen-bond donors (Lipinski definition) is 3. The van der Waals surface area contributed by atoms with Gasteiger partial charge in [0.1, 0.15) is 11.6 Å². The highest BCUT2D eigenvalue weighted by Gasteiger charge is 2.10. The molecule has 0 spiro atoms. The minimum atomic E-state index is -1.09. The van der Waals surface area contributed by atoms with Crippen molar-refractivity contribution >= 4 is 17.6 Å². The largest absolute Gasteiger partial charge is 0.478 e. The summed E-state index contributed by atoms with van der Waals surface area (Å²) in [5.74, 6) is -1.70. The molecule has 126 valence electrons. The Kier molecular flexibility index (Phi) is 5.91. The monoisotopic (exact) mass is 335 g/mol. The average molecular weight is 335 g/mol. The van der Waals surface area contributed by atoms with E-state index in [2.05, 4.69) is 10.6 Å². The number of hydrogen-bond acceptors (Lipinski definition) is 4. The van der Waals surface area contributed by atoms with Crippen LogP contribution < -0.4 is 10.6 Å². The molecule has 0 unspecified atom stereocenters. The number of amides is 1. The van der Waals surface area contributed by atoms with Crippen LogP contribution in [0.3, 0.4) is 0 Å². The fourth-order valence-electron chi connectivity index (χ4n) is 2.15. The van der Waals surface area contributed by atoms with E-state index in [1.54, 1.807) is 6.07 Å². The minimum absolute atomic E-state index is 0.0537. The van der Waals surface area contributed by atoms with Crippen LogP contribution in [-0.2, 0) is 11.3 Å². The van der Waals surface area contributed by atoms with Crippen LogP contribution in [-0.4, -0.2) is 17.0 Å². The average Bonchev–Trinajstić information content (AvgIpc) is 2.60. The van der Waals surface area contributed by atoms with Crippen molar-refractivity contribution in [1.29, 1.82) is 5.26 Å². The van der Waals surface area contributed by atoms with Crippen molar-refractivity contribution in [3.8, 4) is 6.07 Å². The topological polar surface area (TPSA) is 102 Å². The lowest BCUT2D eigenvalue weighted by atomic mass is 10.1. The molecule has 2 aromatic rings. The van der Waals surface area contributed by atoms with Gasteiger partial charge >= 0.3 is 5.97 Å². The summed E-state index contributed by atoms with van der Waals surface area (Å²) in [5.41, 5.74) is 2.43. The number of anilines is 1. The first-order valence-electron chi connectivity index (χ1n) is 7.54. The third kappa shape index (κ3) is 4.94. The first-order valence-corrected chi connectivity index (χ1v) is 7.54. The number of benzene rings is 2. The van der Waals surface area contributed by atoms with Gasteiger partial charge in [0, 0.05) is 18.4 Å². The Balaban J connectivity index is 2.03. The van der Waals surface area contributed by atoms with E-state index in [1.807, 2.05) is 37.3 Å². The van der Waals surface area contributed by atoms with Crippen LogP contribution in [0.5, 0.6) is 0 Å². The van der Waals surface area contributed by atoms with E-state index >= 15 is 0 Å². The zero-order valence-electron chi connectivity index (χ0n) is 13.6. The first-order chi connectivity index (χ1) is 12.0. The Hall–Kier alpha value is -3.59. The maximum atomic E-state index is 12.1. The molecule has 1 amide bonds. The summed E-state index contributed by atoms with van der Waals surface area (Å²) in [6.07, 6.45) is 1.35. The van der Waals surface area contributed by atoms with Gasteiger partial charge in [-0.15, -0.1) is 0 Å². The summed E-state index contributed by atoms with van der Waals surface area (Å²) in [7, 11) is 0. The molecule has 6 heteroatoms. The summed E-state index contributed by atoms with van der Waals surface area (Å²) in [6, 6.07) is 15.4. The minimum Gasteiger partial charge on any atom is -0.478 e. The van der Waals surface area contributed by atoms with E-state index in [-0.39, 0.29) is 11.1 Å². The van der Waals surface area contributed by atoms with Crippen molar-refractivity contribution in [2.45, 2.75) is 13.5 Å². The Morgan fingerprint density at radius 2 is 1.96 bits per heavy atom. The number of nitrogens with zero attached hydrogens (tertiary/aromatic N) is 1. The van der Waals surface area contributed by atoms with Gasteiger partial charge in [-0.25, -0.2) is 4.79 Å². The van der Waals surface area contributed by atoms with Crippen LogP contribution >= 0.6 is 0 Å². The van der Waals surface area contributed by atoms with Crippen molar-refractivity contribution in [2.75, 3.05) is 5.32 Å². The van der Waals surface area contributed by atoms with Crippen LogP contribution in [0.1, 0.15) is 21.5 Å². The maximum Gasteiger partial charge on any atom is 0.335 e. The molecule has 6 nitrogen and oxygen atoms in total. The van der Waals surface area contributed by atoms with Crippen molar-refractivity contribution in [1.82, 2.24) is 5.32 Å². The number of rotatable bonds is 6. The molecule has 0 aliphatic heterocycles. The van der Waals surface area contributed by atoms with Gasteiger partial charge in [0.15, 0.2) is 0 Å². The van der Waals surface area contributed by atoms with Gasteiger partial charge in [-0.3, -0.25) is 4.79 Å². The number of carboxylic acids is 1. The SMILES string of the molecule is Cc1ccccc1CN/C=C(/C#N)C(=O)Nc1cccc(C(=O)O)c1. The summed E-state index contributed by atoms with van der Waals surface area (Å²) in [6.45, 7) is 2.47. The van der Waals surface area contributed by atoms with Crippen LogP contribution in [0.2, 0.25) is 0 Å². The molecule has 0 saturated heterocycles. The van der Waals surface area contributed by atoms with E-state index in [1.165, 1.54) is 24.4 Å². The summed E-state index contributed by atoms with van der Waals surface area (Å²) in [5, 5.41) is 23.6. The number of aryl methyl sites for hydroxylation is 1. The Morgan fingerprint density at radius 1 is 1.20 bits per heavy atom. The third-order valence-electron chi connectivity index (χ3n) is 3.53. The Morgan fingerprint density at radius 3 is 2.64 bits per heavy atom. The van der Waals surface area contributed by atoms with Gasteiger partial charge in [-0.1, -0.05) is 30.3 Å². The number of carbonyl (C=O) groups is 2. The number of carbonyl (C=O) groups excluding carboxylic acids is 1. The smallest absolute Gasteiger partial charge is 0.335 e. The van der Waals surface area contributed by atoms with E-state index in [4.69, 9.17) is 10.4 Å². The molecule has 0 fully saturated rings. The molecule has 2 aromatic carbocycles. The van der Waals surface area contributed by atoms with Gasteiger partial charge in [0.25, 0.3) is 5.91 Å². The number of carboxylic acid groups (broad SMARTS) is 1. The molecular formula is C19H17N3O3. The number of aromatic carboxylic acids is 1. The second-order valence-electron chi connectivity index (χ2n) is 5.32. The lowest BCUT2D eigenvalue weighted by Gasteiger charge is -2.07. The molecule has 2 rings (SSSR count). The van der Waals surface area contributed by atoms with Crippen LogP contribution in [0, 0.1) is 18.3 Å². The standard InChI is InChI=1S/C19H17N3O3/c1-13-5-2-3-6-15(13)11-21-12-16(10-20)18(23)22-17-8-4-7-14(9-17)19(24)25/h2-9,12,21H,11H2,1H3,(H,22,23)(H,24,25)/b16-12-. The molecular weight excluding hydrogens is 318 g/mol. The van der Waals surface area contributed by atoms with Crippen molar-refractivity contribution in [3.05, 3.63) is 77.0 Å². The van der Waals surface area contributed by atoms with E-state index in [0.29, 0.717) is 12.2 Å². The second-order valence-corrected chi connectivity index (χ2v) is 5.32. The van der Waals surface area contributed by atoms with Gasteiger partial charge in [-0.2, -0.15) is 5.26 Å². The summed E-state index contributed by atoms with van der Waals surface area (Å²) >= 11 is 0. The molecule has 0 aromatic heterocycles. The molecule has 0 aliphatic rings. The zero-order valence-corrected chi connectivity index (χ0v) is 13.6. The predicted molar refractivity (Wildman–Crippen MR) is 93.7 cm³/mol. The third-order valence-corrected chi connectivity index (χ3v) is 3.53. The molecule has 0 bridgehead atoms. The highest BCUT2D eigenvalue weighted by Crippen LogP contribution is 2.12. The Bertz CT molecular complexity index is 866. The highest BCUT2D eigenvalue weighted by atomic mass is 16.4. The quantitative estimate of drug-likeness (QED) is 0.556. The van der Waals surface area contributed by atoms with Crippen molar-refractivity contribution in [3.63, 3.8) is 0 Å². The van der Waals surface area contributed by atoms with E-state index < -0.39 is 11.9 Å². The molecule has 0 atom stereocenters. The fourth-order valence-corrected chi connectivity index (χ4v) is 2.15. The number of nitriles is 1.